The summed E-state index contributed by atoms with van der Waals surface area (Å²) in [5.74, 6) is 0. The van der Waals surface area contributed by atoms with Crippen molar-refractivity contribution < 1.29 is 4.74 Å². The number of thioether (sulfide) groups is 1. The number of ether oxygens (including phenoxy) is 1. The van der Waals surface area contributed by atoms with Crippen LogP contribution in [0.15, 0.2) is 17.6 Å². The zero-order valence-electron chi connectivity index (χ0n) is 11.3. The molecule has 0 spiro atoms. The molecule has 4 nitrogen and oxygen atoms in total. The predicted molar refractivity (Wildman–Crippen MR) is 75.9 cm³/mol. The standard InChI is InChI=1S/C13H23N3OS/c1-3-4-7-17-8-5-6-14-9-12-10-15-13(18-2)16-11-12/h10-11,14H,3-9H2,1-2H3. The van der Waals surface area contributed by atoms with E-state index < -0.39 is 0 Å². The van der Waals surface area contributed by atoms with E-state index in [2.05, 4.69) is 22.2 Å². The highest BCUT2D eigenvalue weighted by Crippen LogP contribution is 2.06. The summed E-state index contributed by atoms with van der Waals surface area (Å²) in [5, 5.41) is 4.19. The van der Waals surface area contributed by atoms with Gasteiger partial charge in [0.05, 0.1) is 0 Å². The SMILES string of the molecule is CCCCOCCCNCc1cnc(SC)nc1. The summed E-state index contributed by atoms with van der Waals surface area (Å²) in [6.45, 7) is 5.70. The summed E-state index contributed by atoms with van der Waals surface area (Å²) in [5.41, 5.74) is 1.12. The van der Waals surface area contributed by atoms with Gasteiger partial charge in [0.2, 0.25) is 0 Å². The Kier molecular flexibility index (Phi) is 8.81. The van der Waals surface area contributed by atoms with Crippen LogP contribution in [-0.2, 0) is 11.3 Å². The maximum atomic E-state index is 5.49. The average molecular weight is 269 g/mol. The largest absolute Gasteiger partial charge is 0.381 e. The Morgan fingerprint density at radius 1 is 1.22 bits per heavy atom. The van der Waals surface area contributed by atoms with E-state index in [-0.39, 0.29) is 0 Å². The molecule has 0 saturated carbocycles. The normalized spacial score (nSPS) is 10.8. The van der Waals surface area contributed by atoms with Gasteiger partial charge in [0.15, 0.2) is 5.16 Å². The minimum atomic E-state index is 0.822. The second kappa shape index (κ2) is 10.3. The molecule has 0 aliphatic carbocycles. The van der Waals surface area contributed by atoms with Gasteiger partial charge in [-0.1, -0.05) is 25.1 Å². The molecule has 0 radical (unpaired) electrons. The zero-order chi connectivity index (χ0) is 13.1. The summed E-state index contributed by atoms with van der Waals surface area (Å²) in [6.07, 6.45) is 9.14. The fourth-order valence-electron chi connectivity index (χ4n) is 1.42. The lowest BCUT2D eigenvalue weighted by atomic mass is 10.3. The van der Waals surface area contributed by atoms with Gasteiger partial charge in [0.1, 0.15) is 0 Å². The maximum absolute atomic E-state index is 5.49. The fourth-order valence-corrected chi connectivity index (χ4v) is 1.74. The molecule has 1 rings (SSSR count). The van der Waals surface area contributed by atoms with E-state index in [1.54, 1.807) is 11.8 Å². The van der Waals surface area contributed by atoms with Crippen molar-refractivity contribution >= 4 is 11.8 Å². The highest BCUT2D eigenvalue weighted by atomic mass is 32.2. The quantitative estimate of drug-likeness (QED) is 0.402. The lowest BCUT2D eigenvalue weighted by molar-refractivity contribution is 0.129. The number of hydrogen-bond donors (Lipinski definition) is 1. The minimum absolute atomic E-state index is 0.822. The Hall–Kier alpha value is -0.650. The van der Waals surface area contributed by atoms with Gasteiger partial charge in [-0.3, -0.25) is 0 Å². The first-order chi connectivity index (χ1) is 8.86. The summed E-state index contributed by atoms with van der Waals surface area (Å²) < 4.78 is 5.49. The van der Waals surface area contributed by atoms with Gasteiger partial charge in [0, 0.05) is 37.7 Å². The molecule has 0 aromatic carbocycles. The molecule has 18 heavy (non-hydrogen) atoms. The topological polar surface area (TPSA) is 47.0 Å². The average Bonchev–Trinajstić information content (AvgIpc) is 2.42. The van der Waals surface area contributed by atoms with E-state index in [1.807, 2.05) is 18.6 Å². The lowest BCUT2D eigenvalue weighted by Gasteiger charge is -2.05. The van der Waals surface area contributed by atoms with Crippen molar-refractivity contribution in [1.29, 1.82) is 0 Å². The molecule has 0 saturated heterocycles. The van der Waals surface area contributed by atoms with Crippen LogP contribution in [-0.4, -0.2) is 36.0 Å². The third-order valence-corrected chi connectivity index (χ3v) is 3.05. The first-order valence-electron chi connectivity index (χ1n) is 6.50. The first-order valence-corrected chi connectivity index (χ1v) is 7.72. The fraction of sp³-hybridized carbons (Fsp3) is 0.692. The second-order valence-corrected chi connectivity index (χ2v) is 4.85. The van der Waals surface area contributed by atoms with E-state index in [0.29, 0.717) is 0 Å². The van der Waals surface area contributed by atoms with Crippen LogP contribution in [0, 0.1) is 0 Å². The van der Waals surface area contributed by atoms with E-state index in [9.17, 15) is 0 Å². The molecular formula is C13H23N3OS. The van der Waals surface area contributed by atoms with Gasteiger partial charge in [-0.25, -0.2) is 9.97 Å². The van der Waals surface area contributed by atoms with Gasteiger partial charge in [-0.2, -0.15) is 0 Å². The van der Waals surface area contributed by atoms with E-state index in [1.165, 1.54) is 6.42 Å². The molecule has 0 amide bonds. The number of nitrogens with zero attached hydrogens (tertiary/aromatic N) is 2. The Bertz CT molecular complexity index is 306. The van der Waals surface area contributed by atoms with E-state index in [4.69, 9.17) is 4.74 Å². The molecule has 0 atom stereocenters. The van der Waals surface area contributed by atoms with Crippen LogP contribution in [0.3, 0.4) is 0 Å². The number of unbranched alkanes of at least 4 members (excludes halogenated alkanes) is 1. The molecule has 102 valence electrons. The summed E-state index contributed by atoms with van der Waals surface area (Å²) in [4.78, 5) is 8.47. The molecule has 1 N–H and O–H groups in total. The van der Waals surface area contributed by atoms with Gasteiger partial charge in [-0.05, 0) is 25.6 Å². The first kappa shape index (κ1) is 15.4. The number of rotatable bonds is 10. The van der Waals surface area contributed by atoms with Crippen LogP contribution in [0.4, 0.5) is 0 Å². The molecule has 0 aliphatic rings. The molecule has 1 heterocycles. The van der Waals surface area contributed by atoms with E-state index in [0.717, 1.165) is 49.9 Å². The van der Waals surface area contributed by atoms with E-state index >= 15 is 0 Å². The number of nitrogens with one attached hydrogen (secondary N) is 1. The Morgan fingerprint density at radius 3 is 2.61 bits per heavy atom. The molecule has 0 fully saturated rings. The minimum Gasteiger partial charge on any atom is -0.381 e. The molecule has 0 unspecified atom stereocenters. The van der Waals surface area contributed by atoms with Crippen molar-refractivity contribution in [3.8, 4) is 0 Å². The maximum Gasteiger partial charge on any atom is 0.187 e. The Morgan fingerprint density at radius 2 is 1.94 bits per heavy atom. The van der Waals surface area contributed by atoms with Crippen molar-refractivity contribution in [2.75, 3.05) is 26.0 Å². The lowest BCUT2D eigenvalue weighted by Crippen LogP contribution is -2.16. The van der Waals surface area contributed by atoms with Crippen LogP contribution < -0.4 is 5.32 Å². The summed E-state index contributed by atoms with van der Waals surface area (Å²) in [6, 6.07) is 0. The predicted octanol–water partition coefficient (Wildman–Crippen LogP) is 2.49. The van der Waals surface area contributed by atoms with Crippen molar-refractivity contribution in [3.63, 3.8) is 0 Å². The highest BCUT2D eigenvalue weighted by Gasteiger charge is 1.96. The van der Waals surface area contributed by atoms with Crippen molar-refractivity contribution in [2.24, 2.45) is 0 Å². The van der Waals surface area contributed by atoms with Gasteiger partial charge >= 0.3 is 0 Å². The molecule has 5 heteroatoms. The van der Waals surface area contributed by atoms with Gasteiger partial charge in [-0.15, -0.1) is 0 Å². The van der Waals surface area contributed by atoms with Crippen LogP contribution in [0.1, 0.15) is 31.7 Å². The monoisotopic (exact) mass is 269 g/mol. The van der Waals surface area contributed by atoms with Crippen molar-refractivity contribution in [3.05, 3.63) is 18.0 Å². The van der Waals surface area contributed by atoms with Crippen LogP contribution in [0.2, 0.25) is 0 Å². The smallest absolute Gasteiger partial charge is 0.187 e. The van der Waals surface area contributed by atoms with Crippen LogP contribution >= 0.6 is 11.8 Å². The van der Waals surface area contributed by atoms with Gasteiger partial charge < -0.3 is 10.1 Å². The molecule has 0 aliphatic heterocycles. The summed E-state index contributed by atoms with van der Waals surface area (Å²) >= 11 is 1.56. The van der Waals surface area contributed by atoms with Crippen LogP contribution in [0.5, 0.6) is 0 Å². The third-order valence-electron chi connectivity index (χ3n) is 2.48. The van der Waals surface area contributed by atoms with Crippen LogP contribution in [0.25, 0.3) is 0 Å². The Balaban J connectivity index is 2.00. The molecular weight excluding hydrogens is 246 g/mol. The zero-order valence-corrected chi connectivity index (χ0v) is 12.1. The van der Waals surface area contributed by atoms with Crippen molar-refractivity contribution in [2.45, 2.75) is 37.9 Å². The van der Waals surface area contributed by atoms with Crippen molar-refractivity contribution in [1.82, 2.24) is 15.3 Å². The number of aromatic nitrogens is 2. The third kappa shape index (κ3) is 6.93. The molecule has 1 aromatic heterocycles. The number of hydrogen-bond acceptors (Lipinski definition) is 5. The molecule has 1 aromatic rings. The molecule has 0 bridgehead atoms. The Labute approximate surface area is 114 Å². The van der Waals surface area contributed by atoms with Gasteiger partial charge in [0.25, 0.3) is 0 Å². The second-order valence-electron chi connectivity index (χ2n) is 4.07. The highest BCUT2D eigenvalue weighted by molar-refractivity contribution is 7.98. The summed E-state index contributed by atoms with van der Waals surface area (Å²) in [7, 11) is 0.